The molecule has 1 unspecified atom stereocenters. The maximum absolute atomic E-state index is 12.9. The monoisotopic (exact) mass is 389 g/mol. The number of fused-ring (bicyclic) bond motifs is 3. The van der Waals surface area contributed by atoms with Gasteiger partial charge in [-0.2, -0.15) is 0 Å². The van der Waals surface area contributed by atoms with Crippen LogP contribution >= 0.6 is 12.4 Å². The van der Waals surface area contributed by atoms with E-state index in [2.05, 4.69) is 17.1 Å². The largest absolute Gasteiger partial charge is 0.631 e. The molecule has 7 heteroatoms. The highest BCUT2D eigenvalue weighted by Gasteiger charge is 2.58. The Bertz CT molecular complexity index is 859. The van der Waals surface area contributed by atoms with Crippen LogP contribution in [0.3, 0.4) is 0 Å². The molecular weight excluding hydrogens is 366 g/mol. The minimum Gasteiger partial charge on any atom is -0.631 e. The van der Waals surface area contributed by atoms with Crippen molar-refractivity contribution in [3.63, 3.8) is 0 Å². The van der Waals surface area contributed by atoms with Crippen molar-refractivity contribution in [1.82, 2.24) is 0 Å². The van der Waals surface area contributed by atoms with Crippen LogP contribution in [0, 0.1) is 5.21 Å². The molecule has 0 aliphatic carbocycles. The van der Waals surface area contributed by atoms with Gasteiger partial charge in [-0.3, -0.25) is 5.32 Å². The molecule has 4 rings (SSSR count). The summed E-state index contributed by atoms with van der Waals surface area (Å²) in [5.74, 6) is 0.486. The summed E-state index contributed by atoms with van der Waals surface area (Å²) in [6, 6.07) is 14.8. The van der Waals surface area contributed by atoms with Crippen LogP contribution in [0.15, 0.2) is 48.5 Å². The summed E-state index contributed by atoms with van der Waals surface area (Å²) in [6.45, 7) is 2.72. The number of quaternary nitrogens is 1. The summed E-state index contributed by atoms with van der Waals surface area (Å²) < 4.78 is 5.20. The van der Waals surface area contributed by atoms with Gasteiger partial charge in [0.05, 0.1) is 19.0 Å². The van der Waals surface area contributed by atoms with E-state index < -0.39 is 6.09 Å². The number of likely N-dealkylation sites (tertiary alicyclic amines) is 1. The smallest absolute Gasteiger partial charge is 0.417 e. The van der Waals surface area contributed by atoms with Crippen molar-refractivity contribution in [2.24, 2.45) is 0 Å². The average Bonchev–Trinajstić information content (AvgIpc) is 2.98. The van der Waals surface area contributed by atoms with Gasteiger partial charge in [0, 0.05) is 24.8 Å². The zero-order valence-corrected chi connectivity index (χ0v) is 16.5. The molecule has 1 N–H and O–H groups in total. The lowest BCUT2D eigenvalue weighted by molar-refractivity contribution is -0.874. The number of ether oxygens (including phenoxy) is 1. The minimum absolute atomic E-state index is 0. The van der Waals surface area contributed by atoms with E-state index in [9.17, 15) is 10.0 Å². The summed E-state index contributed by atoms with van der Waals surface area (Å²) in [7, 11) is 3.71. The van der Waals surface area contributed by atoms with Crippen molar-refractivity contribution in [3.05, 3.63) is 59.3 Å². The van der Waals surface area contributed by atoms with Gasteiger partial charge in [0.1, 0.15) is 5.75 Å². The summed E-state index contributed by atoms with van der Waals surface area (Å²) in [6.07, 6.45) is 0.139. The third-order valence-electron chi connectivity index (χ3n) is 5.72. The number of para-hydroxylation sites is 1. The molecule has 0 bridgehead atoms. The molecule has 1 amide bonds. The Morgan fingerprint density at radius 1 is 1.30 bits per heavy atom. The lowest BCUT2D eigenvalue weighted by Crippen LogP contribution is -2.54. The Kier molecular flexibility index (Phi) is 4.84. The molecular formula is C20H24ClN3O3. The Balaban J connectivity index is 0.00000210. The fourth-order valence-electron chi connectivity index (χ4n) is 4.62. The fraction of sp³-hybridized carbons (Fsp3) is 0.350. The summed E-state index contributed by atoms with van der Waals surface area (Å²) >= 11 is 0. The normalized spacial score (nSPS) is 28.1. The molecule has 0 saturated carbocycles. The number of hydrogen-bond acceptors (Lipinski definition) is 4. The molecule has 3 atom stereocenters. The number of benzene rings is 2. The Hall–Kier alpha value is -2.28. The zero-order chi connectivity index (χ0) is 18.5. The van der Waals surface area contributed by atoms with Crippen LogP contribution in [0.4, 0.5) is 16.2 Å². The van der Waals surface area contributed by atoms with Gasteiger partial charge in [-0.25, -0.2) is 4.79 Å². The number of amides is 1. The quantitative estimate of drug-likeness (QED) is 0.620. The van der Waals surface area contributed by atoms with E-state index in [0.29, 0.717) is 18.0 Å². The van der Waals surface area contributed by atoms with Gasteiger partial charge < -0.3 is 19.5 Å². The van der Waals surface area contributed by atoms with E-state index in [1.807, 2.05) is 37.4 Å². The number of anilines is 2. The number of hydrogen-bond donors (Lipinski definition) is 1. The Morgan fingerprint density at radius 2 is 2.00 bits per heavy atom. The number of rotatable bonds is 2. The van der Waals surface area contributed by atoms with Crippen molar-refractivity contribution >= 4 is 29.9 Å². The van der Waals surface area contributed by atoms with Crippen LogP contribution in [0.5, 0.6) is 5.75 Å². The first-order valence-electron chi connectivity index (χ1n) is 8.79. The van der Waals surface area contributed by atoms with Crippen LogP contribution in [-0.4, -0.2) is 37.5 Å². The molecule has 1 fully saturated rings. The van der Waals surface area contributed by atoms with E-state index in [1.54, 1.807) is 25.2 Å². The van der Waals surface area contributed by atoms with Crippen molar-refractivity contribution in [2.75, 3.05) is 30.9 Å². The number of likely N-dealkylation sites (N-methyl/N-ethyl adjacent to an activating group) is 2. The first kappa shape index (κ1) is 19.5. The van der Waals surface area contributed by atoms with Crippen LogP contribution in [0.25, 0.3) is 0 Å². The van der Waals surface area contributed by atoms with Crippen LogP contribution in [0.2, 0.25) is 0 Å². The van der Waals surface area contributed by atoms with Crippen LogP contribution in [-0.2, 0) is 5.41 Å². The lowest BCUT2D eigenvalue weighted by Gasteiger charge is -2.44. The van der Waals surface area contributed by atoms with Crippen LogP contribution < -0.4 is 15.0 Å². The first-order chi connectivity index (χ1) is 12.3. The number of carbonyl (C=O) groups is 1. The molecule has 2 aliphatic rings. The zero-order valence-electron chi connectivity index (χ0n) is 15.6. The molecule has 2 aromatic carbocycles. The highest BCUT2D eigenvalue weighted by atomic mass is 35.5. The molecule has 2 aromatic rings. The second-order valence-electron chi connectivity index (χ2n) is 7.61. The highest BCUT2D eigenvalue weighted by Crippen LogP contribution is 2.54. The topological polar surface area (TPSA) is 64.6 Å². The van der Waals surface area contributed by atoms with Gasteiger partial charge in [-0.15, -0.1) is 12.4 Å². The molecule has 2 aliphatic heterocycles. The van der Waals surface area contributed by atoms with Crippen molar-refractivity contribution in [2.45, 2.75) is 24.9 Å². The highest BCUT2D eigenvalue weighted by molar-refractivity contribution is 5.86. The number of hydroxylamine groups is 3. The third kappa shape index (κ3) is 3.14. The Morgan fingerprint density at radius 3 is 2.70 bits per heavy atom. The van der Waals surface area contributed by atoms with Gasteiger partial charge in [0.15, 0.2) is 6.17 Å². The molecule has 2 heterocycles. The van der Waals surface area contributed by atoms with Gasteiger partial charge in [0.25, 0.3) is 0 Å². The SMILES string of the molecule is CN1c2ccc(OC(=O)Nc3ccccc3)cc2[C@]2(C)CC[N+](C)([O-])[C@H]12.Cl. The fourth-order valence-corrected chi connectivity index (χ4v) is 4.62. The van der Waals surface area contributed by atoms with Crippen LogP contribution in [0.1, 0.15) is 18.9 Å². The first-order valence-corrected chi connectivity index (χ1v) is 8.79. The van der Waals surface area contributed by atoms with Gasteiger partial charge >= 0.3 is 6.09 Å². The van der Waals surface area contributed by atoms with E-state index in [4.69, 9.17) is 4.74 Å². The number of carbonyl (C=O) groups excluding carboxylic acids is 1. The van der Waals surface area contributed by atoms with E-state index >= 15 is 0 Å². The summed E-state index contributed by atoms with van der Waals surface area (Å²) in [5.41, 5.74) is 2.55. The van der Waals surface area contributed by atoms with Gasteiger partial charge in [-0.1, -0.05) is 18.2 Å². The maximum atomic E-state index is 12.9. The average molecular weight is 390 g/mol. The van der Waals surface area contributed by atoms with Crippen molar-refractivity contribution in [1.29, 1.82) is 0 Å². The maximum Gasteiger partial charge on any atom is 0.417 e. The minimum atomic E-state index is -0.528. The van der Waals surface area contributed by atoms with E-state index in [-0.39, 0.29) is 28.6 Å². The van der Waals surface area contributed by atoms with Gasteiger partial charge in [0.2, 0.25) is 0 Å². The van der Waals surface area contributed by atoms with Gasteiger partial charge in [-0.05, 0) is 42.8 Å². The molecule has 0 aromatic heterocycles. The van der Waals surface area contributed by atoms with Crippen molar-refractivity contribution < 1.29 is 14.2 Å². The predicted octanol–water partition coefficient (Wildman–Crippen LogP) is 4.10. The number of halogens is 1. The molecule has 27 heavy (non-hydrogen) atoms. The summed E-state index contributed by atoms with van der Waals surface area (Å²) in [5, 5.41) is 15.6. The molecule has 1 saturated heterocycles. The molecule has 0 spiro atoms. The standard InChI is InChI=1S/C20H23N3O3.ClH/c1-20-11-12-23(3,25)18(20)22(2)17-10-9-15(13-16(17)20)26-19(24)21-14-7-5-4-6-8-14;/h4-10,13,18H,11-12H2,1-3H3,(H,21,24);1H/t18-,20-,23?;/m0./s1. The molecule has 144 valence electrons. The molecule has 6 nitrogen and oxygen atoms in total. The van der Waals surface area contributed by atoms with E-state index in [1.165, 1.54) is 0 Å². The van der Waals surface area contributed by atoms with Crippen molar-refractivity contribution in [3.8, 4) is 5.75 Å². The molecule has 0 radical (unpaired) electrons. The Labute approximate surface area is 165 Å². The third-order valence-corrected chi connectivity index (χ3v) is 5.72. The number of nitrogens with zero attached hydrogens (tertiary/aromatic N) is 2. The second kappa shape index (κ2) is 6.71. The second-order valence-corrected chi connectivity index (χ2v) is 7.61. The van der Waals surface area contributed by atoms with E-state index in [0.717, 1.165) is 17.7 Å². The summed E-state index contributed by atoms with van der Waals surface area (Å²) in [4.78, 5) is 14.2. The predicted molar refractivity (Wildman–Crippen MR) is 108 cm³/mol. The lowest BCUT2D eigenvalue weighted by atomic mass is 9.81. The number of nitrogens with one attached hydrogen (secondary N) is 1.